The molecule has 2 N–H and O–H groups in total. The number of amides is 1. The molecule has 0 aliphatic rings. The molecular weight excluding hydrogens is 376 g/mol. The van der Waals surface area contributed by atoms with Gasteiger partial charge in [-0.25, -0.2) is 0 Å². The number of benzene rings is 2. The molecule has 4 nitrogen and oxygen atoms in total. The Labute approximate surface area is 165 Å². The highest BCUT2D eigenvalue weighted by molar-refractivity contribution is 7.99. The number of nitrogens with one attached hydrogen (secondary N) is 2. The second-order valence-corrected chi connectivity index (χ2v) is 8.03. The molecule has 0 bridgehead atoms. The van der Waals surface area contributed by atoms with Gasteiger partial charge < -0.3 is 15.0 Å². The zero-order valence-electron chi connectivity index (χ0n) is 14.7. The van der Waals surface area contributed by atoms with E-state index in [-0.39, 0.29) is 5.91 Å². The molecule has 0 spiro atoms. The zero-order chi connectivity index (χ0) is 18.6. The van der Waals surface area contributed by atoms with Crippen molar-refractivity contribution in [2.24, 2.45) is 0 Å². The Hall–Kier alpha value is -2.70. The summed E-state index contributed by atoms with van der Waals surface area (Å²) in [7, 11) is 1.64. The van der Waals surface area contributed by atoms with E-state index in [0.717, 1.165) is 31.3 Å². The van der Waals surface area contributed by atoms with Crippen LogP contribution in [0.2, 0.25) is 0 Å². The van der Waals surface area contributed by atoms with Crippen LogP contribution in [0.5, 0.6) is 5.75 Å². The maximum Gasteiger partial charge on any atom is 0.269 e. The van der Waals surface area contributed by atoms with E-state index in [1.807, 2.05) is 66.0 Å². The van der Waals surface area contributed by atoms with Crippen molar-refractivity contribution < 1.29 is 9.53 Å². The maximum absolute atomic E-state index is 12.9. The number of carbonyl (C=O) groups is 1. The lowest BCUT2D eigenvalue weighted by Crippen LogP contribution is -2.23. The number of hydrogen-bond acceptors (Lipinski definition) is 4. The predicted molar refractivity (Wildman–Crippen MR) is 111 cm³/mol. The van der Waals surface area contributed by atoms with Crippen molar-refractivity contribution in [3.63, 3.8) is 0 Å². The van der Waals surface area contributed by atoms with Crippen molar-refractivity contribution in [3.8, 4) is 5.75 Å². The summed E-state index contributed by atoms with van der Waals surface area (Å²) >= 11 is 3.22. The summed E-state index contributed by atoms with van der Waals surface area (Å²) in [5, 5.41) is 6.03. The second-order valence-electron chi connectivity index (χ2n) is 5.92. The number of fused-ring (bicyclic) bond motifs is 1. The standard InChI is InChI=1S/C21H18N2O2S2/c1-25-14-9-10-17-18(12-14)23-19(20(17)27-15-6-3-2-4-7-15)21(24)22-13-16-8-5-11-26-16/h2-12,23H,13H2,1H3,(H,22,24). The minimum atomic E-state index is -0.114. The van der Waals surface area contributed by atoms with E-state index in [9.17, 15) is 4.79 Å². The molecule has 2 aromatic carbocycles. The van der Waals surface area contributed by atoms with Crippen LogP contribution in [0.1, 0.15) is 15.4 Å². The van der Waals surface area contributed by atoms with Gasteiger partial charge in [-0.1, -0.05) is 36.0 Å². The van der Waals surface area contributed by atoms with Crippen molar-refractivity contribution in [2.45, 2.75) is 16.3 Å². The number of aromatic nitrogens is 1. The molecule has 2 heterocycles. The fourth-order valence-corrected chi connectivity index (χ4v) is 4.53. The van der Waals surface area contributed by atoms with Crippen molar-refractivity contribution in [1.82, 2.24) is 10.3 Å². The molecule has 27 heavy (non-hydrogen) atoms. The van der Waals surface area contributed by atoms with Crippen LogP contribution in [0, 0.1) is 0 Å². The fourth-order valence-electron chi connectivity index (χ4n) is 2.82. The average molecular weight is 395 g/mol. The summed E-state index contributed by atoms with van der Waals surface area (Å²) in [6.07, 6.45) is 0. The van der Waals surface area contributed by atoms with Crippen LogP contribution in [0.15, 0.2) is 75.8 Å². The summed E-state index contributed by atoms with van der Waals surface area (Å²) < 4.78 is 5.32. The zero-order valence-corrected chi connectivity index (χ0v) is 16.3. The number of methoxy groups -OCH3 is 1. The normalized spacial score (nSPS) is 10.9. The Morgan fingerprint density at radius 1 is 1.15 bits per heavy atom. The molecule has 6 heteroatoms. The van der Waals surface area contributed by atoms with E-state index in [1.54, 1.807) is 30.2 Å². The van der Waals surface area contributed by atoms with Gasteiger partial charge in [-0.2, -0.15) is 0 Å². The molecule has 0 fully saturated rings. The fraction of sp³-hybridized carbons (Fsp3) is 0.0952. The molecule has 0 unspecified atom stereocenters. The van der Waals surface area contributed by atoms with Gasteiger partial charge in [-0.3, -0.25) is 4.79 Å². The lowest BCUT2D eigenvalue weighted by atomic mass is 10.2. The molecule has 0 saturated heterocycles. The van der Waals surface area contributed by atoms with Crippen LogP contribution in [0.4, 0.5) is 0 Å². The van der Waals surface area contributed by atoms with Gasteiger partial charge >= 0.3 is 0 Å². The van der Waals surface area contributed by atoms with Crippen LogP contribution in [-0.2, 0) is 6.54 Å². The number of aromatic amines is 1. The Morgan fingerprint density at radius 2 is 2.00 bits per heavy atom. The van der Waals surface area contributed by atoms with E-state index >= 15 is 0 Å². The largest absolute Gasteiger partial charge is 0.497 e. The van der Waals surface area contributed by atoms with E-state index in [2.05, 4.69) is 10.3 Å². The van der Waals surface area contributed by atoms with Crippen molar-refractivity contribution in [3.05, 3.63) is 76.6 Å². The van der Waals surface area contributed by atoms with Crippen molar-refractivity contribution in [2.75, 3.05) is 7.11 Å². The Bertz CT molecular complexity index is 1060. The van der Waals surface area contributed by atoms with Gasteiger partial charge in [0.15, 0.2) is 0 Å². The molecule has 4 rings (SSSR count). The first-order valence-electron chi connectivity index (χ1n) is 8.48. The minimum Gasteiger partial charge on any atom is -0.497 e. The van der Waals surface area contributed by atoms with Crippen molar-refractivity contribution in [1.29, 1.82) is 0 Å². The average Bonchev–Trinajstić information content (AvgIpc) is 3.35. The maximum atomic E-state index is 12.9. The van der Waals surface area contributed by atoms with Gasteiger partial charge in [0, 0.05) is 21.2 Å². The number of hydrogen-bond donors (Lipinski definition) is 2. The number of ether oxygens (including phenoxy) is 1. The summed E-state index contributed by atoms with van der Waals surface area (Å²) in [5.41, 5.74) is 1.46. The van der Waals surface area contributed by atoms with Gasteiger partial charge in [0.2, 0.25) is 0 Å². The minimum absolute atomic E-state index is 0.114. The third kappa shape index (κ3) is 3.86. The first-order valence-corrected chi connectivity index (χ1v) is 10.2. The lowest BCUT2D eigenvalue weighted by molar-refractivity contribution is 0.0944. The monoisotopic (exact) mass is 394 g/mol. The van der Waals surface area contributed by atoms with Crippen molar-refractivity contribution >= 4 is 39.9 Å². The third-order valence-electron chi connectivity index (χ3n) is 4.15. The van der Waals surface area contributed by atoms with Crippen LogP contribution in [0.3, 0.4) is 0 Å². The summed E-state index contributed by atoms with van der Waals surface area (Å²) in [5.74, 6) is 0.641. The van der Waals surface area contributed by atoms with Gasteiger partial charge in [-0.15, -0.1) is 11.3 Å². The number of H-pyrrole nitrogens is 1. The number of carbonyl (C=O) groups excluding carboxylic acids is 1. The van der Waals surface area contributed by atoms with Crippen LogP contribution < -0.4 is 10.1 Å². The lowest BCUT2D eigenvalue weighted by Gasteiger charge is -2.06. The Morgan fingerprint density at radius 3 is 2.74 bits per heavy atom. The third-order valence-corrected chi connectivity index (χ3v) is 6.16. The van der Waals surface area contributed by atoms with E-state index in [4.69, 9.17) is 4.74 Å². The summed E-state index contributed by atoms with van der Waals surface area (Å²) in [4.78, 5) is 19.3. The topological polar surface area (TPSA) is 54.1 Å². The first kappa shape index (κ1) is 17.7. The van der Waals surface area contributed by atoms with Gasteiger partial charge in [0.1, 0.15) is 11.4 Å². The molecule has 0 atom stereocenters. The summed E-state index contributed by atoms with van der Waals surface area (Å²) in [6.45, 7) is 0.518. The quantitative estimate of drug-likeness (QED) is 0.465. The molecule has 0 radical (unpaired) electrons. The van der Waals surface area contributed by atoms with E-state index in [1.165, 1.54) is 0 Å². The Kier molecular flexibility index (Phi) is 5.18. The van der Waals surface area contributed by atoms with Crippen LogP contribution in [-0.4, -0.2) is 18.0 Å². The van der Waals surface area contributed by atoms with Gasteiger partial charge in [0.25, 0.3) is 5.91 Å². The highest BCUT2D eigenvalue weighted by atomic mass is 32.2. The number of rotatable bonds is 6. The second kappa shape index (κ2) is 7.90. The Balaban J connectivity index is 1.70. The molecular formula is C21H18N2O2S2. The molecule has 0 aliphatic carbocycles. The SMILES string of the molecule is COc1ccc2c(Sc3ccccc3)c(C(=O)NCc3cccs3)[nH]c2c1. The molecule has 4 aromatic rings. The molecule has 136 valence electrons. The molecule has 1 amide bonds. The molecule has 0 aliphatic heterocycles. The highest BCUT2D eigenvalue weighted by Gasteiger charge is 2.19. The highest BCUT2D eigenvalue weighted by Crippen LogP contribution is 2.37. The van der Waals surface area contributed by atoms with Crippen LogP contribution in [0.25, 0.3) is 10.9 Å². The molecule has 2 aromatic heterocycles. The first-order chi connectivity index (χ1) is 13.2. The molecule has 0 saturated carbocycles. The van der Waals surface area contributed by atoms with E-state index in [0.29, 0.717) is 12.2 Å². The summed E-state index contributed by atoms with van der Waals surface area (Å²) in [6, 6.07) is 19.9. The van der Waals surface area contributed by atoms with Gasteiger partial charge in [0.05, 0.1) is 24.1 Å². The number of thiophene rings is 1. The van der Waals surface area contributed by atoms with Gasteiger partial charge in [-0.05, 0) is 35.7 Å². The van der Waals surface area contributed by atoms with Crippen LogP contribution >= 0.6 is 23.1 Å². The predicted octanol–water partition coefficient (Wildman–Crippen LogP) is 5.32. The van der Waals surface area contributed by atoms with E-state index < -0.39 is 0 Å². The smallest absolute Gasteiger partial charge is 0.269 e.